The molecule has 1 atom stereocenters. The topological polar surface area (TPSA) is 44.3 Å². The van der Waals surface area contributed by atoms with Gasteiger partial charge in [0.1, 0.15) is 0 Å². The molecule has 0 radical (unpaired) electrons. The molecule has 3 heteroatoms. The summed E-state index contributed by atoms with van der Waals surface area (Å²) in [5.74, 6) is 0.809. The van der Waals surface area contributed by atoms with Crippen molar-refractivity contribution in [2.45, 2.75) is 24.8 Å². The van der Waals surface area contributed by atoms with Crippen LogP contribution in [0.3, 0.4) is 0 Å². The van der Waals surface area contributed by atoms with Crippen LogP contribution in [0.25, 0.3) is 0 Å². The zero-order valence-corrected chi connectivity index (χ0v) is 7.47. The van der Waals surface area contributed by atoms with Crippen LogP contribution in [0.5, 0.6) is 0 Å². The van der Waals surface area contributed by atoms with Gasteiger partial charge in [-0.15, -0.1) is 0 Å². The minimum Gasteiger partial charge on any atom is -0.395 e. The molecule has 0 aromatic carbocycles. The van der Waals surface area contributed by atoms with Gasteiger partial charge in [0, 0.05) is 12.1 Å². The Kier molecular flexibility index (Phi) is 2.35. The van der Waals surface area contributed by atoms with Crippen molar-refractivity contribution in [2.24, 2.45) is 5.92 Å². The van der Waals surface area contributed by atoms with E-state index < -0.39 is 0 Å². The van der Waals surface area contributed by atoms with E-state index >= 15 is 0 Å². The standard InChI is InChI=1S/C9H18N2O/c12-6-5-11-9(2-3-9)8-1-4-10-7-8/h8,10-12H,1-7H2. The van der Waals surface area contributed by atoms with Crippen LogP contribution < -0.4 is 10.6 Å². The second kappa shape index (κ2) is 3.32. The number of hydrogen-bond acceptors (Lipinski definition) is 3. The quantitative estimate of drug-likeness (QED) is 0.543. The highest BCUT2D eigenvalue weighted by Gasteiger charge is 2.49. The molecule has 70 valence electrons. The van der Waals surface area contributed by atoms with Crippen molar-refractivity contribution < 1.29 is 5.11 Å². The van der Waals surface area contributed by atoms with Gasteiger partial charge in [-0.2, -0.15) is 0 Å². The van der Waals surface area contributed by atoms with Gasteiger partial charge in [0.15, 0.2) is 0 Å². The molecular weight excluding hydrogens is 152 g/mol. The molecular formula is C9H18N2O. The Labute approximate surface area is 73.5 Å². The van der Waals surface area contributed by atoms with E-state index in [1.165, 1.54) is 32.4 Å². The second-order valence-electron chi connectivity index (χ2n) is 4.00. The lowest BCUT2D eigenvalue weighted by Crippen LogP contribution is -2.41. The molecule has 0 spiro atoms. The molecule has 3 N–H and O–H groups in total. The molecule has 0 bridgehead atoms. The van der Waals surface area contributed by atoms with E-state index in [4.69, 9.17) is 5.11 Å². The van der Waals surface area contributed by atoms with Gasteiger partial charge in [-0.1, -0.05) is 0 Å². The molecule has 1 saturated carbocycles. The summed E-state index contributed by atoms with van der Waals surface area (Å²) in [6, 6.07) is 0. The fraction of sp³-hybridized carbons (Fsp3) is 1.00. The Balaban J connectivity index is 1.83. The van der Waals surface area contributed by atoms with Crippen molar-refractivity contribution in [1.29, 1.82) is 0 Å². The Morgan fingerprint density at radius 2 is 2.33 bits per heavy atom. The summed E-state index contributed by atoms with van der Waals surface area (Å²) in [4.78, 5) is 0. The summed E-state index contributed by atoms with van der Waals surface area (Å²) >= 11 is 0. The number of hydrogen-bond donors (Lipinski definition) is 3. The lowest BCUT2D eigenvalue weighted by Gasteiger charge is -2.23. The van der Waals surface area contributed by atoms with Crippen molar-refractivity contribution in [3.05, 3.63) is 0 Å². The van der Waals surface area contributed by atoms with Crippen LogP contribution in [-0.2, 0) is 0 Å². The molecule has 12 heavy (non-hydrogen) atoms. The molecule has 1 aliphatic heterocycles. The van der Waals surface area contributed by atoms with Crippen LogP contribution in [0.4, 0.5) is 0 Å². The van der Waals surface area contributed by atoms with Gasteiger partial charge in [-0.05, 0) is 38.3 Å². The highest BCUT2D eigenvalue weighted by Crippen LogP contribution is 2.44. The summed E-state index contributed by atoms with van der Waals surface area (Å²) in [6.45, 7) is 3.37. The monoisotopic (exact) mass is 170 g/mol. The van der Waals surface area contributed by atoms with Crippen LogP contribution in [-0.4, -0.2) is 36.9 Å². The maximum absolute atomic E-state index is 8.72. The summed E-state index contributed by atoms with van der Waals surface area (Å²) in [7, 11) is 0. The van der Waals surface area contributed by atoms with Crippen molar-refractivity contribution in [3.8, 4) is 0 Å². The third-order valence-electron chi connectivity index (χ3n) is 3.22. The van der Waals surface area contributed by atoms with Gasteiger partial charge in [0.05, 0.1) is 6.61 Å². The fourth-order valence-corrected chi connectivity index (χ4v) is 2.30. The minimum atomic E-state index is 0.266. The van der Waals surface area contributed by atoms with E-state index in [2.05, 4.69) is 10.6 Å². The Morgan fingerprint density at radius 1 is 1.50 bits per heavy atom. The molecule has 0 aromatic heterocycles. The normalized spacial score (nSPS) is 32.2. The van der Waals surface area contributed by atoms with Gasteiger partial charge in [-0.25, -0.2) is 0 Å². The van der Waals surface area contributed by atoms with E-state index in [1.807, 2.05) is 0 Å². The van der Waals surface area contributed by atoms with Gasteiger partial charge >= 0.3 is 0 Å². The first kappa shape index (κ1) is 8.48. The molecule has 1 saturated heterocycles. The molecule has 2 aliphatic rings. The molecule has 1 unspecified atom stereocenters. The molecule has 2 fully saturated rings. The molecule has 1 heterocycles. The van der Waals surface area contributed by atoms with E-state index in [0.29, 0.717) is 5.54 Å². The van der Waals surface area contributed by atoms with Crippen molar-refractivity contribution >= 4 is 0 Å². The predicted octanol–water partition coefficient (Wildman–Crippen LogP) is -0.290. The van der Waals surface area contributed by atoms with Crippen LogP contribution in [0.2, 0.25) is 0 Å². The minimum absolute atomic E-state index is 0.266. The van der Waals surface area contributed by atoms with E-state index in [-0.39, 0.29) is 6.61 Å². The first-order chi connectivity index (χ1) is 5.87. The summed E-state index contributed by atoms with van der Waals surface area (Å²) in [6.07, 6.45) is 3.91. The molecule has 1 aliphatic carbocycles. The number of β-amino-alcohol motifs (C(OH)–C–C–N with tert-alkyl or cyclic N) is 1. The average Bonchev–Trinajstić information content (AvgIpc) is 2.66. The highest BCUT2D eigenvalue weighted by atomic mass is 16.3. The van der Waals surface area contributed by atoms with Gasteiger partial charge in [0.2, 0.25) is 0 Å². The van der Waals surface area contributed by atoms with E-state index in [1.54, 1.807) is 0 Å². The maximum Gasteiger partial charge on any atom is 0.0556 e. The Hall–Kier alpha value is -0.120. The lowest BCUT2D eigenvalue weighted by molar-refractivity contribution is 0.263. The molecule has 0 amide bonds. The van der Waals surface area contributed by atoms with E-state index in [0.717, 1.165) is 12.5 Å². The largest absolute Gasteiger partial charge is 0.395 e. The van der Waals surface area contributed by atoms with Crippen LogP contribution in [0, 0.1) is 5.92 Å². The summed E-state index contributed by atoms with van der Waals surface area (Å²) in [5.41, 5.74) is 0.409. The summed E-state index contributed by atoms with van der Waals surface area (Å²) in [5, 5.41) is 15.6. The van der Waals surface area contributed by atoms with Crippen LogP contribution in [0.1, 0.15) is 19.3 Å². The van der Waals surface area contributed by atoms with Gasteiger partial charge in [0.25, 0.3) is 0 Å². The van der Waals surface area contributed by atoms with Crippen molar-refractivity contribution in [2.75, 3.05) is 26.2 Å². The van der Waals surface area contributed by atoms with Crippen molar-refractivity contribution in [3.63, 3.8) is 0 Å². The smallest absolute Gasteiger partial charge is 0.0556 e. The predicted molar refractivity (Wildman–Crippen MR) is 48.0 cm³/mol. The molecule has 2 rings (SSSR count). The Bertz CT molecular complexity index is 151. The number of aliphatic hydroxyl groups is 1. The summed E-state index contributed by atoms with van der Waals surface area (Å²) < 4.78 is 0. The zero-order chi connectivity index (χ0) is 8.44. The maximum atomic E-state index is 8.72. The second-order valence-corrected chi connectivity index (χ2v) is 4.00. The SMILES string of the molecule is OCCNC1(C2CCNC2)CC1. The Morgan fingerprint density at radius 3 is 2.83 bits per heavy atom. The number of rotatable bonds is 4. The number of aliphatic hydroxyl groups excluding tert-OH is 1. The molecule has 3 nitrogen and oxygen atoms in total. The zero-order valence-electron chi connectivity index (χ0n) is 7.47. The highest BCUT2D eigenvalue weighted by molar-refractivity contribution is 5.08. The third-order valence-corrected chi connectivity index (χ3v) is 3.22. The van der Waals surface area contributed by atoms with E-state index in [9.17, 15) is 0 Å². The van der Waals surface area contributed by atoms with Crippen LogP contribution in [0.15, 0.2) is 0 Å². The molecule has 0 aromatic rings. The lowest BCUT2D eigenvalue weighted by atomic mass is 9.96. The van der Waals surface area contributed by atoms with Crippen molar-refractivity contribution in [1.82, 2.24) is 10.6 Å². The third kappa shape index (κ3) is 1.49. The first-order valence-electron chi connectivity index (χ1n) is 4.94. The van der Waals surface area contributed by atoms with Crippen LogP contribution >= 0.6 is 0 Å². The van der Waals surface area contributed by atoms with Gasteiger partial charge < -0.3 is 15.7 Å². The first-order valence-corrected chi connectivity index (χ1v) is 4.94. The van der Waals surface area contributed by atoms with Gasteiger partial charge in [-0.3, -0.25) is 0 Å². The average molecular weight is 170 g/mol. The fourth-order valence-electron chi connectivity index (χ4n) is 2.30. The number of nitrogens with one attached hydrogen (secondary N) is 2.